The Labute approximate surface area is 123 Å². The van der Waals surface area contributed by atoms with Gasteiger partial charge >= 0.3 is 0 Å². The van der Waals surface area contributed by atoms with Crippen molar-refractivity contribution < 1.29 is 4.74 Å². The Balaban J connectivity index is 2.54. The predicted molar refractivity (Wildman–Crippen MR) is 80.5 cm³/mol. The number of ether oxygens (including phenoxy) is 1. The molecule has 0 spiro atoms. The molecular formula is C12H16Cl2N2OS. The SMILES string of the molecule is COCCNC(=S)NC(C)c1ccc(Cl)cc1Cl. The third kappa shape index (κ3) is 4.98. The Hall–Kier alpha value is -0.550. The Kier molecular flexibility index (Phi) is 6.71. The number of halogens is 2. The van der Waals surface area contributed by atoms with Crippen molar-refractivity contribution in [2.45, 2.75) is 13.0 Å². The van der Waals surface area contributed by atoms with Gasteiger partial charge in [0, 0.05) is 23.7 Å². The van der Waals surface area contributed by atoms with E-state index in [1.165, 1.54) is 0 Å². The Morgan fingerprint density at radius 1 is 1.44 bits per heavy atom. The highest BCUT2D eigenvalue weighted by molar-refractivity contribution is 7.80. The predicted octanol–water partition coefficient (Wildman–Crippen LogP) is 3.16. The van der Waals surface area contributed by atoms with E-state index in [1.807, 2.05) is 19.1 Å². The molecule has 0 saturated carbocycles. The number of hydrogen-bond donors (Lipinski definition) is 2. The molecule has 3 nitrogen and oxygen atoms in total. The van der Waals surface area contributed by atoms with Crippen LogP contribution < -0.4 is 10.6 Å². The normalized spacial score (nSPS) is 12.0. The highest BCUT2D eigenvalue weighted by Gasteiger charge is 2.10. The van der Waals surface area contributed by atoms with E-state index in [9.17, 15) is 0 Å². The average molecular weight is 307 g/mol. The van der Waals surface area contributed by atoms with Gasteiger partial charge in [-0.1, -0.05) is 29.3 Å². The average Bonchev–Trinajstić information content (AvgIpc) is 2.28. The number of thiocarbonyl (C=S) groups is 1. The van der Waals surface area contributed by atoms with Crippen LogP contribution in [0.5, 0.6) is 0 Å². The number of benzene rings is 1. The van der Waals surface area contributed by atoms with Gasteiger partial charge in [-0.15, -0.1) is 0 Å². The van der Waals surface area contributed by atoms with Crippen LogP contribution in [-0.4, -0.2) is 25.4 Å². The summed E-state index contributed by atoms with van der Waals surface area (Å²) in [5.74, 6) is 0. The third-order valence-corrected chi connectivity index (χ3v) is 3.19. The summed E-state index contributed by atoms with van der Waals surface area (Å²) < 4.78 is 4.93. The van der Waals surface area contributed by atoms with Crippen molar-refractivity contribution in [3.63, 3.8) is 0 Å². The van der Waals surface area contributed by atoms with Gasteiger partial charge in [-0.2, -0.15) is 0 Å². The lowest BCUT2D eigenvalue weighted by Crippen LogP contribution is -2.38. The monoisotopic (exact) mass is 306 g/mol. The van der Waals surface area contributed by atoms with Crippen LogP contribution >= 0.6 is 35.4 Å². The molecule has 0 heterocycles. The van der Waals surface area contributed by atoms with Crippen molar-refractivity contribution in [3.8, 4) is 0 Å². The van der Waals surface area contributed by atoms with Crippen LogP contribution in [-0.2, 0) is 4.74 Å². The lowest BCUT2D eigenvalue weighted by atomic mass is 10.1. The molecule has 2 N–H and O–H groups in total. The fourth-order valence-corrected chi connectivity index (χ4v) is 2.30. The van der Waals surface area contributed by atoms with Crippen LogP contribution in [0.15, 0.2) is 18.2 Å². The molecule has 0 bridgehead atoms. The minimum atomic E-state index is 0.0114. The van der Waals surface area contributed by atoms with E-state index in [0.29, 0.717) is 28.3 Å². The second-order valence-corrected chi connectivity index (χ2v) is 5.03. The largest absolute Gasteiger partial charge is 0.383 e. The molecule has 0 aliphatic rings. The minimum Gasteiger partial charge on any atom is -0.383 e. The van der Waals surface area contributed by atoms with Crippen molar-refractivity contribution >= 4 is 40.5 Å². The highest BCUT2D eigenvalue weighted by Crippen LogP contribution is 2.25. The lowest BCUT2D eigenvalue weighted by molar-refractivity contribution is 0.204. The first-order valence-electron chi connectivity index (χ1n) is 5.53. The van der Waals surface area contributed by atoms with E-state index >= 15 is 0 Å². The first-order chi connectivity index (χ1) is 8.54. The second-order valence-electron chi connectivity index (χ2n) is 3.78. The van der Waals surface area contributed by atoms with E-state index in [4.69, 9.17) is 40.2 Å². The molecule has 1 atom stereocenters. The molecular weight excluding hydrogens is 291 g/mol. The topological polar surface area (TPSA) is 33.3 Å². The molecule has 1 aromatic carbocycles. The van der Waals surface area contributed by atoms with Gasteiger partial charge in [0.25, 0.3) is 0 Å². The molecule has 0 radical (unpaired) electrons. The van der Waals surface area contributed by atoms with Crippen LogP contribution in [0.1, 0.15) is 18.5 Å². The first-order valence-corrected chi connectivity index (χ1v) is 6.69. The van der Waals surface area contributed by atoms with E-state index in [2.05, 4.69) is 10.6 Å². The summed E-state index contributed by atoms with van der Waals surface area (Å²) in [5.41, 5.74) is 0.956. The lowest BCUT2D eigenvalue weighted by Gasteiger charge is -2.18. The van der Waals surface area contributed by atoms with Gasteiger partial charge in [0.05, 0.1) is 12.6 Å². The summed E-state index contributed by atoms with van der Waals surface area (Å²) >= 11 is 17.1. The molecule has 0 aromatic heterocycles. The molecule has 6 heteroatoms. The quantitative estimate of drug-likeness (QED) is 0.647. The maximum Gasteiger partial charge on any atom is 0.166 e. The zero-order valence-corrected chi connectivity index (χ0v) is 12.6. The van der Waals surface area contributed by atoms with Gasteiger partial charge in [-0.25, -0.2) is 0 Å². The van der Waals surface area contributed by atoms with E-state index in [0.717, 1.165) is 5.56 Å². The molecule has 0 aliphatic heterocycles. The summed E-state index contributed by atoms with van der Waals surface area (Å²) in [6.07, 6.45) is 0. The van der Waals surface area contributed by atoms with Crippen molar-refractivity contribution in [1.29, 1.82) is 0 Å². The molecule has 0 saturated heterocycles. The molecule has 18 heavy (non-hydrogen) atoms. The van der Waals surface area contributed by atoms with E-state index < -0.39 is 0 Å². The van der Waals surface area contributed by atoms with Crippen LogP contribution in [0.25, 0.3) is 0 Å². The number of rotatable bonds is 5. The van der Waals surface area contributed by atoms with Crippen LogP contribution in [0.2, 0.25) is 10.0 Å². The third-order valence-electron chi connectivity index (χ3n) is 2.37. The van der Waals surface area contributed by atoms with Crippen molar-refractivity contribution in [3.05, 3.63) is 33.8 Å². The molecule has 0 fully saturated rings. The Bertz CT molecular complexity index is 415. The number of hydrogen-bond acceptors (Lipinski definition) is 2. The maximum atomic E-state index is 6.13. The van der Waals surface area contributed by atoms with Crippen molar-refractivity contribution in [2.75, 3.05) is 20.3 Å². The van der Waals surface area contributed by atoms with Gasteiger partial charge in [-0.05, 0) is 36.8 Å². The molecule has 0 amide bonds. The van der Waals surface area contributed by atoms with Gasteiger partial charge in [0.2, 0.25) is 0 Å². The molecule has 1 rings (SSSR count). The second kappa shape index (κ2) is 7.79. The van der Waals surface area contributed by atoms with E-state index in [1.54, 1.807) is 13.2 Å². The summed E-state index contributed by atoms with van der Waals surface area (Å²) in [6.45, 7) is 3.26. The van der Waals surface area contributed by atoms with Gasteiger partial charge in [0.1, 0.15) is 0 Å². The maximum absolute atomic E-state index is 6.13. The first kappa shape index (κ1) is 15.5. The van der Waals surface area contributed by atoms with Gasteiger partial charge in [0.15, 0.2) is 5.11 Å². The fraction of sp³-hybridized carbons (Fsp3) is 0.417. The van der Waals surface area contributed by atoms with Crippen molar-refractivity contribution in [1.82, 2.24) is 10.6 Å². The molecule has 100 valence electrons. The number of methoxy groups -OCH3 is 1. The van der Waals surface area contributed by atoms with Crippen LogP contribution in [0.3, 0.4) is 0 Å². The summed E-state index contributed by atoms with van der Waals surface area (Å²) in [6, 6.07) is 5.43. The summed E-state index contributed by atoms with van der Waals surface area (Å²) in [5, 5.41) is 8.02. The Morgan fingerprint density at radius 3 is 2.78 bits per heavy atom. The van der Waals surface area contributed by atoms with Crippen LogP contribution in [0, 0.1) is 0 Å². The summed E-state index contributed by atoms with van der Waals surface area (Å²) in [4.78, 5) is 0. The van der Waals surface area contributed by atoms with Crippen LogP contribution in [0.4, 0.5) is 0 Å². The Morgan fingerprint density at radius 2 is 2.17 bits per heavy atom. The van der Waals surface area contributed by atoms with Crippen molar-refractivity contribution in [2.24, 2.45) is 0 Å². The van der Waals surface area contributed by atoms with Gasteiger partial charge in [-0.3, -0.25) is 0 Å². The smallest absolute Gasteiger partial charge is 0.166 e. The summed E-state index contributed by atoms with van der Waals surface area (Å²) in [7, 11) is 1.65. The minimum absolute atomic E-state index is 0.0114. The zero-order chi connectivity index (χ0) is 13.5. The molecule has 0 aliphatic carbocycles. The number of nitrogens with one attached hydrogen (secondary N) is 2. The highest BCUT2D eigenvalue weighted by atomic mass is 35.5. The zero-order valence-electron chi connectivity index (χ0n) is 10.3. The fourth-order valence-electron chi connectivity index (χ4n) is 1.44. The molecule has 1 aromatic rings. The molecule has 1 unspecified atom stereocenters. The van der Waals surface area contributed by atoms with E-state index in [-0.39, 0.29) is 6.04 Å². The van der Waals surface area contributed by atoms with Gasteiger partial charge < -0.3 is 15.4 Å². The standard InChI is InChI=1S/C12H16Cl2N2OS/c1-8(16-12(18)15-5-6-17-2)10-4-3-9(13)7-11(10)14/h3-4,7-8H,5-6H2,1-2H3,(H2,15,16,18).